The van der Waals surface area contributed by atoms with Crippen molar-refractivity contribution < 1.29 is 4.74 Å². The van der Waals surface area contributed by atoms with Gasteiger partial charge in [-0.05, 0) is 60.8 Å². The summed E-state index contributed by atoms with van der Waals surface area (Å²) in [6.07, 6.45) is 9.04. The maximum atomic E-state index is 5.51. The fourth-order valence-electron chi connectivity index (χ4n) is 6.06. The fraction of sp³-hybridized carbons (Fsp3) is 0.500. The number of nitrogens with one attached hydrogen (secondary N) is 2. The van der Waals surface area contributed by atoms with Gasteiger partial charge in [-0.1, -0.05) is 6.07 Å². The number of nitrogens with zero attached hydrogens (tertiary/aromatic N) is 5. The molecule has 8 nitrogen and oxygen atoms in total. The third-order valence-electron chi connectivity index (χ3n) is 8.27. The normalized spacial score (nSPS) is 20.9. The Morgan fingerprint density at radius 2 is 1.91 bits per heavy atom. The summed E-state index contributed by atoms with van der Waals surface area (Å²) in [6.45, 7) is 6.66. The molecule has 4 aromatic rings. The first-order valence-corrected chi connectivity index (χ1v) is 12.6. The zero-order valence-corrected chi connectivity index (χ0v) is 19.5. The highest BCUT2D eigenvalue weighted by molar-refractivity contribution is 5.93. The van der Waals surface area contributed by atoms with Gasteiger partial charge in [0.2, 0.25) is 0 Å². The molecule has 1 aliphatic carbocycles. The number of anilines is 1. The van der Waals surface area contributed by atoms with Crippen LogP contribution in [0.2, 0.25) is 0 Å². The van der Waals surface area contributed by atoms with E-state index < -0.39 is 0 Å². The summed E-state index contributed by atoms with van der Waals surface area (Å²) in [6, 6.07) is 8.83. The second-order valence-electron chi connectivity index (χ2n) is 10.4. The summed E-state index contributed by atoms with van der Waals surface area (Å²) in [7, 11) is 0. The van der Waals surface area contributed by atoms with E-state index in [1.165, 1.54) is 49.7 Å². The van der Waals surface area contributed by atoms with Gasteiger partial charge in [-0.15, -0.1) is 0 Å². The number of fused-ring (bicyclic) bond motifs is 2. The predicted molar refractivity (Wildman–Crippen MR) is 133 cm³/mol. The number of hydrogen-bond donors (Lipinski definition) is 2. The molecule has 1 aromatic carbocycles. The molecule has 1 saturated carbocycles. The molecule has 34 heavy (non-hydrogen) atoms. The Labute approximate surface area is 198 Å². The average Bonchev–Trinajstić information content (AvgIpc) is 3.48. The van der Waals surface area contributed by atoms with E-state index in [4.69, 9.17) is 9.84 Å². The van der Waals surface area contributed by atoms with E-state index in [0.717, 1.165) is 66.9 Å². The summed E-state index contributed by atoms with van der Waals surface area (Å²) < 4.78 is 7.73. The van der Waals surface area contributed by atoms with Crippen LogP contribution in [0.4, 0.5) is 5.82 Å². The highest BCUT2D eigenvalue weighted by Gasteiger charge is 2.40. The minimum Gasteiger partial charge on any atom is -0.378 e. The molecule has 3 fully saturated rings. The Balaban J connectivity index is 1.14. The maximum Gasteiger partial charge on any atom is 0.143 e. The summed E-state index contributed by atoms with van der Waals surface area (Å²) >= 11 is 0. The van der Waals surface area contributed by atoms with Crippen LogP contribution in [0.1, 0.15) is 25.7 Å². The van der Waals surface area contributed by atoms with E-state index >= 15 is 0 Å². The number of ether oxygens (including phenoxy) is 1. The molecule has 1 spiro atoms. The number of rotatable bonds is 4. The van der Waals surface area contributed by atoms with E-state index in [9.17, 15) is 0 Å². The SMILES string of the molecule is c1nc(N2CCOCC2)c2cc(-c3ccc4c(cnn4CC4CCC5(CC4)CNC5)c3)[nH]c2n1. The Hall–Kier alpha value is -2.97. The van der Waals surface area contributed by atoms with Crippen LogP contribution in [0, 0.1) is 11.3 Å². The average molecular weight is 458 g/mol. The molecule has 7 rings (SSSR count). The number of morpholine rings is 1. The Morgan fingerprint density at radius 3 is 2.71 bits per heavy atom. The second-order valence-corrected chi connectivity index (χ2v) is 10.4. The van der Waals surface area contributed by atoms with Gasteiger partial charge in [0.1, 0.15) is 17.8 Å². The van der Waals surface area contributed by atoms with Crippen LogP contribution in [-0.4, -0.2) is 64.1 Å². The van der Waals surface area contributed by atoms with E-state index in [-0.39, 0.29) is 0 Å². The van der Waals surface area contributed by atoms with Gasteiger partial charge in [0.15, 0.2) is 0 Å². The van der Waals surface area contributed by atoms with Crippen LogP contribution in [0.25, 0.3) is 33.2 Å². The molecule has 5 heterocycles. The lowest BCUT2D eigenvalue weighted by atomic mass is 9.67. The first kappa shape index (κ1) is 20.4. The molecule has 3 aromatic heterocycles. The second kappa shape index (κ2) is 8.06. The smallest absolute Gasteiger partial charge is 0.143 e. The van der Waals surface area contributed by atoms with Crippen LogP contribution in [0.5, 0.6) is 0 Å². The molecule has 3 aliphatic rings. The molecule has 0 amide bonds. The molecule has 8 heteroatoms. The van der Waals surface area contributed by atoms with Crippen molar-refractivity contribution in [1.29, 1.82) is 0 Å². The van der Waals surface area contributed by atoms with Crippen LogP contribution >= 0.6 is 0 Å². The van der Waals surface area contributed by atoms with Crippen molar-refractivity contribution >= 4 is 27.8 Å². The lowest BCUT2D eigenvalue weighted by molar-refractivity contribution is 0.0764. The molecule has 0 unspecified atom stereocenters. The Kier molecular flexibility index (Phi) is 4.84. The first-order valence-electron chi connectivity index (χ1n) is 12.6. The van der Waals surface area contributed by atoms with Gasteiger partial charge >= 0.3 is 0 Å². The van der Waals surface area contributed by atoms with E-state index in [2.05, 4.69) is 54.1 Å². The third kappa shape index (κ3) is 3.47. The molecule has 0 radical (unpaired) electrons. The largest absolute Gasteiger partial charge is 0.378 e. The lowest BCUT2D eigenvalue weighted by Gasteiger charge is -2.47. The van der Waals surface area contributed by atoms with Crippen molar-refractivity contribution in [2.24, 2.45) is 11.3 Å². The number of benzene rings is 1. The predicted octanol–water partition coefficient (Wildman–Crippen LogP) is 3.59. The minimum absolute atomic E-state index is 0.614. The van der Waals surface area contributed by atoms with Gasteiger partial charge in [0.05, 0.1) is 30.3 Å². The highest BCUT2D eigenvalue weighted by atomic mass is 16.5. The summed E-state index contributed by atoms with van der Waals surface area (Å²) in [5, 5.41) is 10.5. The molecule has 2 saturated heterocycles. The van der Waals surface area contributed by atoms with Gasteiger partial charge in [-0.2, -0.15) is 5.10 Å². The highest BCUT2D eigenvalue weighted by Crippen LogP contribution is 2.42. The Morgan fingerprint density at radius 1 is 1.06 bits per heavy atom. The van der Waals surface area contributed by atoms with Crippen LogP contribution in [0.3, 0.4) is 0 Å². The van der Waals surface area contributed by atoms with E-state index in [0.29, 0.717) is 5.41 Å². The summed E-state index contributed by atoms with van der Waals surface area (Å²) in [5.41, 5.74) is 4.92. The number of H-pyrrole nitrogens is 1. The van der Waals surface area contributed by atoms with Crippen molar-refractivity contribution in [3.8, 4) is 11.3 Å². The van der Waals surface area contributed by atoms with Crippen molar-refractivity contribution in [2.45, 2.75) is 32.2 Å². The number of aromatic amines is 1. The summed E-state index contributed by atoms with van der Waals surface area (Å²) in [4.78, 5) is 14.9. The van der Waals surface area contributed by atoms with Crippen molar-refractivity contribution in [1.82, 2.24) is 30.0 Å². The molecule has 2 aliphatic heterocycles. The van der Waals surface area contributed by atoms with Crippen LogP contribution in [0.15, 0.2) is 36.8 Å². The third-order valence-corrected chi connectivity index (χ3v) is 8.27. The first-order chi connectivity index (χ1) is 16.8. The molecular formula is C26H31N7O. The van der Waals surface area contributed by atoms with Gasteiger partial charge in [-0.3, -0.25) is 4.68 Å². The lowest BCUT2D eigenvalue weighted by Crippen LogP contribution is -2.55. The topological polar surface area (TPSA) is 83.9 Å². The summed E-state index contributed by atoms with van der Waals surface area (Å²) in [5.74, 6) is 1.72. The molecule has 0 bridgehead atoms. The zero-order chi connectivity index (χ0) is 22.5. The Bertz CT molecular complexity index is 1320. The van der Waals surface area contributed by atoms with Gasteiger partial charge in [-0.25, -0.2) is 9.97 Å². The van der Waals surface area contributed by atoms with Crippen LogP contribution in [-0.2, 0) is 11.3 Å². The zero-order valence-electron chi connectivity index (χ0n) is 19.5. The van der Waals surface area contributed by atoms with Gasteiger partial charge in [0.25, 0.3) is 0 Å². The monoisotopic (exact) mass is 457 g/mol. The maximum absolute atomic E-state index is 5.51. The van der Waals surface area contributed by atoms with Gasteiger partial charge in [0, 0.05) is 43.8 Å². The molecule has 2 N–H and O–H groups in total. The molecule has 0 atom stereocenters. The fourth-order valence-corrected chi connectivity index (χ4v) is 6.06. The number of aromatic nitrogens is 5. The molecule has 176 valence electrons. The van der Waals surface area contributed by atoms with Crippen molar-refractivity contribution in [3.05, 3.63) is 36.8 Å². The molecular weight excluding hydrogens is 426 g/mol. The van der Waals surface area contributed by atoms with Crippen molar-refractivity contribution in [3.63, 3.8) is 0 Å². The quantitative estimate of drug-likeness (QED) is 0.487. The van der Waals surface area contributed by atoms with E-state index in [1.54, 1.807) is 6.33 Å². The van der Waals surface area contributed by atoms with Crippen LogP contribution < -0.4 is 10.2 Å². The number of hydrogen-bond acceptors (Lipinski definition) is 6. The minimum atomic E-state index is 0.614. The van der Waals surface area contributed by atoms with Gasteiger partial charge < -0.3 is 19.9 Å². The standard InChI is InChI=1S/C26H31N7O/c1-2-23-20(13-30-33(23)14-18-3-5-26(6-4-18)15-27-16-26)11-19(1)22-12-21-24(31-22)28-17-29-25(21)32-7-9-34-10-8-32/h1-2,11-13,17-18,27H,3-10,14-16H2,(H,28,29,31). The van der Waals surface area contributed by atoms with Crippen molar-refractivity contribution in [2.75, 3.05) is 44.3 Å². The van der Waals surface area contributed by atoms with E-state index in [1.807, 2.05) is 6.20 Å².